The van der Waals surface area contributed by atoms with Gasteiger partial charge in [-0.15, -0.1) is 0 Å². The van der Waals surface area contributed by atoms with Crippen LogP contribution in [0.1, 0.15) is 10.4 Å². The summed E-state index contributed by atoms with van der Waals surface area (Å²) in [7, 11) is -0.889. The molecule has 4 aromatic rings. The number of para-hydroxylation sites is 1. The SMILES string of the molecule is CNC(=O)c1ccc(Nc2nc(Nc3ccccc3P(C)(C)=O)c3cc[nH]c3n2)cc1. The summed E-state index contributed by atoms with van der Waals surface area (Å²) in [4.78, 5) is 24.0. The first kappa shape index (κ1) is 20.6. The normalized spacial score (nSPS) is 11.3. The smallest absolute Gasteiger partial charge is 0.251 e. The molecule has 2 aromatic heterocycles. The van der Waals surface area contributed by atoms with E-state index in [1.54, 1.807) is 50.8 Å². The summed E-state index contributed by atoms with van der Waals surface area (Å²) in [5.74, 6) is 0.834. The van der Waals surface area contributed by atoms with Gasteiger partial charge in [-0.2, -0.15) is 9.97 Å². The maximum absolute atomic E-state index is 12.7. The van der Waals surface area contributed by atoms with E-state index in [1.807, 2.05) is 30.3 Å². The molecule has 0 saturated carbocycles. The molecule has 0 aliphatic rings. The maximum Gasteiger partial charge on any atom is 0.251 e. The number of aromatic amines is 1. The van der Waals surface area contributed by atoms with Crippen molar-refractivity contribution in [2.45, 2.75) is 0 Å². The van der Waals surface area contributed by atoms with Crippen LogP contribution in [0.5, 0.6) is 0 Å². The molecular weight excluding hydrogens is 411 g/mol. The third-order valence-electron chi connectivity index (χ3n) is 4.78. The Balaban J connectivity index is 1.68. The average Bonchev–Trinajstić information content (AvgIpc) is 3.22. The van der Waals surface area contributed by atoms with Crippen molar-refractivity contribution in [1.29, 1.82) is 0 Å². The highest BCUT2D eigenvalue weighted by atomic mass is 31.2. The number of hydrogen-bond acceptors (Lipinski definition) is 6. The first-order chi connectivity index (χ1) is 14.8. The Kier molecular flexibility index (Phi) is 5.48. The van der Waals surface area contributed by atoms with Crippen molar-refractivity contribution in [3.8, 4) is 0 Å². The highest BCUT2D eigenvalue weighted by Gasteiger charge is 2.17. The van der Waals surface area contributed by atoms with Gasteiger partial charge in [-0.05, 0) is 55.8 Å². The molecule has 8 nitrogen and oxygen atoms in total. The standard InChI is InChI=1S/C22H23N6O2P/c1-23-21(29)14-8-10-15(11-9-14)25-22-27-19-16(12-13-24-19)20(28-22)26-17-6-4-5-7-18(17)31(2,3)30/h4-13H,1-3H3,(H,23,29)(H3,24,25,26,27,28). The number of aromatic nitrogens is 3. The molecular formula is C22H23N6O2P. The zero-order valence-corrected chi connectivity index (χ0v) is 18.3. The summed E-state index contributed by atoms with van der Waals surface area (Å²) in [5, 5.41) is 10.7. The first-order valence-electron chi connectivity index (χ1n) is 9.71. The molecule has 0 bridgehead atoms. The minimum atomic E-state index is -2.48. The molecule has 0 aliphatic heterocycles. The van der Waals surface area contributed by atoms with E-state index >= 15 is 0 Å². The first-order valence-corrected chi connectivity index (χ1v) is 12.3. The number of fused-ring (bicyclic) bond motifs is 1. The third kappa shape index (κ3) is 4.44. The number of nitrogens with zero attached hydrogens (tertiary/aromatic N) is 2. The largest absolute Gasteiger partial charge is 0.355 e. The number of carbonyl (C=O) groups excluding carboxylic acids is 1. The Morgan fingerprint density at radius 2 is 1.71 bits per heavy atom. The molecule has 31 heavy (non-hydrogen) atoms. The van der Waals surface area contributed by atoms with E-state index in [2.05, 4.69) is 30.9 Å². The average molecular weight is 434 g/mol. The van der Waals surface area contributed by atoms with Crippen LogP contribution in [0.4, 0.5) is 23.1 Å². The molecule has 0 aliphatic carbocycles. The summed E-state index contributed by atoms with van der Waals surface area (Å²) in [6.45, 7) is 3.49. The highest BCUT2D eigenvalue weighted by Crippen LogP contribution is 2.38. The van der Waals surface area contributed by atoms with Crippen LogP contribution >= 0.6 is 7.14 Å². The Labute approximate surface area is 179 Å². The van der Waals surface area contributed by atoms with Crippen LogP contribution in [-0.2, 0) is 4.57 Å². The van der Waals surface area contributed by atoms with Crippen LogP contribution in [0.2, 0.25) is 0 Å². The predicted octanol–water partition coefficient (Wildman–Crippen LogP) is 4.05. The number of H-pyrrole nitrogens is 1. The van der Waals surface area contributed by atoms with Gasteiger partial charge in [0.2, 0.25) is 5.95 Å². The molecule has 1 amide bonds. The Hall–Kier alpha value is -3.64. The monoisotopic (exact) mass is 434 g/mol. The minimum absolute atomic E-state index is 0.148. The minimum Gasteiger partial charge on any atom is -0.355 e. The summed E-state index contributed by atoms with van der Waals surface area (Å²) in [6, 6.07) is 16.4. The fourth-order valence-electron chi connectivity index (χ4n) is 3.25. The Morgan fingerprint density at radius 3 is 2.42 bits per heavy atom. The van der Waals surface area contributed by atoms with E-state index in [4.69, 9.17) is 0 Å². The van der Waals surface area contributed by atoms with Gasteiger partial charge in [0.1, 0.15) is 18.6 Å². The molecule has 2 aromatic carbocycles. The van der Waals surface area contributed by atoms with Gasteiger partial charge < -0.3 is 25.5 Å². The molecule has 158 valence electrons. The second-order valence-electron chi connectivity index (χ2n) is 7.41. The molecule has 0 spiro atoms. The fraction of sp³-hybridized carbons (Fsp3) is 0.136. The number of amides is 1. The fourth-order valence-corrected chi connectivity index (χ4v) is 4.40. The van der Waals surface area contributed by atoms with Crippen molar-refractivity contribution >= 4 is 52.5 Å². The van der Waals surface area contributed by atoms with Gasteiger partial charge in [0.15, 0.2) is 0 Å². The van der Waals surface area contributed by atoms with E-state index < -0.39 is 7.14 Å². The van der Waals surface area contributed by atoms with Gasteiger partial charge in [0.05, 0.1) is 11.1 Å². The number of rotatable bonds is 6. The van der Waals surface area contributed by atoms with Gasteiger partial charge in [-0.1, -0.05) is 12.1 Å². The lowest BCUT2D eigenvalue weighted by Gasteiger charge is -2.15. The Morgan fingerprint density at radius 1 is 0.968 bits per heavy atom. The van der Waals surface area contributed by atoms with Crippen molar-refractivity contribution in [2.24, 2.45) is 0 Å². The second-order valence-corrected chi connectivity index (χ2v) is 10.6. The van der Waals surface area contributed by atoms with Gasteiger partial charge in [0, 0.05) is 29.8 Å². The molecule has 0 saturated heterocycles. The van der Waals surface area contributed by atoms with Crippen molar-refractivity contribution < 1.29 is 9.36 Å². The number of nitrogens with one attached hydrogen (secondary N) is 4. The molecule has 0 fully saturated rings. The zero-order valence-electron chi connectivity index (χ0n) is 17.4. The molecule has 0 atom stereocenters. The number of benzene rings is 2. The molecule has 4 N–H and O–H groups in total. The lowest BCUT2D eigenvalue weighted by molar-refractivity contribution is 0.0963. The van der Waals surface area contributed by atoms with Crippen molar-refractivity contribution in [2.75, 3.05) is 31.0 Å². The third-order valence-corrected chi connectivity index (χ3v) is 6.33. The van der Waals surface area contributed by atoms with Crippen LogP contribution in [0.3, 0.4) is 0 Å². The number of carbonyl (C=O) groups is 1. The van der Waals surface area contributed by atoms with Crippen LogP contribution in [0.25, 0.3) is 11.0 Å². The van der Waals surface area contributed by atoms with Gasteiger partial charge in [-0.25, -0.2) is 0 Å². The van der Waals surface area contributed by atoms with Crippen molar-refractivity contribution in [3.63, 3.8) is 0 Å². The molecule has 0 radical (unpaired) electrons. The topological polar surface area (TPSA) is 112 Å². The van der Waals surface area contributed by atoms with Crippen LogP contribution in [-0.4, -0.2) is 41.2 Å². The van der Waals surface area contributed by atoms with Crippen LogP contribution < -0.4 is 21.3 Å². The summed E-state index contributed by atoms with van der Waals surface area (Å²) < 4.78 is 12.7. The zero-order chi connectivity index (χ0) is 22.0. The lowest BCUT2D eigenvalue weighted by Crippen LogP contribution is -2.17. The van der Waals surface area contributed by atoms with E-state index in [1.165, 1.54) is 0 Å². The maximum atomic E-state index is 12.7. The quantitative estimate of drug-likeness (QED) is 0.341. The van der Waals surface area contributed by atoms with E-state index in [9.17, 15) is 9.36 Å². The summed E-state index contributed by atoms with van der Waals surface area (Å²) in [5.41, 5.74) is 2.72. The molecule has 0 unspecified atom stereocenters. The Bertz CT molecular complexity index is 1290. The molecule has 4 rings (SSSR count). The highest BCUT2D eigenvalue weighted by molar-refractivity contribution is 7.70. The van der Waals surface area contributed by atoms with Crippen LogP contribution in [0, 0.1) is 0 Å². The summed E-state index contributed by atoms with van der Waals surface area (Å²) >= 11 is 0. The molecule has 2 heterocycles. The van der Waals surface area contributed by atoms with Gasteiger partial charge in [0.25, 0.3) is 5.91 Å². The van der Waals surface area contributed by atoms with Crippen molar-refractivity contribution in [3.05, 3.63) is 66.4 Å². The van der Waals surface area contributed by atoms with Gasteiger partial charge >= 0.3 is 0 Å². The number of anilines is 4. The lowest BCUT2D eigenvalue weighted by atomic mass is 10.2. The predicted molar refractivity (Wildman–Crippen MR) is 126 cm³/mol. The van der Waals surface area contributed by atoms with E-state index in [0.717, 1.165) is 22.1 Å². The van der Waals surface area contributed by atoms with E-state index in [-0.39, 0.29) is 5.91 Å². The van der Waals surface area contributed by atoms with Gasteiger partial charge in [-0.3, -0.25) is 4.79 Å². The van der Waals surface area contributed by atoms with Crippen molar-refractivity contribution in [1.82, 2.24) is 20.3 Å². The van der Waals surface area contributed by atoms with E-state index in [0.29, 0.717) is 23.0 Å². The molecule has 9 heteroatoms. The van der Waals surface area contributed by atoms with Crippen LogP contribution in [0.15, 0.2) is 60.8 Å². The summed E-state index contributed by atoms with van der Waals surface area (Å²) in [6.07, 6.45) is 1.79. The second kappa shape index (κ2) is 8.24. The number of hydrogen-bond donors (Lipinski definition) is 4.